The van der Waals surface area contributed by atoms with Crippen molar-refractivity contribution < 1.29 is 97.2 Å². The third-order valence-corrected chi connectivity index (χ3v) is 16.5. The zero-order valence-electron chi connectivity index (χ0n) is 61.4. The van der Waals surface area contributed by atoms with Gasteiger partial charge in [-0.1, -0.05) is 125 Å². The van der Waals surface area contributed by atoms with Gasteiger partial charge >= 0.3 is 100 Å². The third-order valence-electron chi connectivity index (χ3n) is 12.1. The molecule has 8 amide bonds. The van der Waals surface area contributed by atoms with E-state index in [0.717, 1.165) is 27.8 Å². The summed E-state index contributed by atoms with van der Waals surface area (Å²) in [6.07, 6.45) is 1.44. The number of esters is 2. The molecule has 0 bridgehead atoms. The van der Waals surface area contributed by atoms with Gasteiger partial charge in [0.05, 0.1) is 26.4 Å². The van der Waals surface area contributed by atoms with Crippen molar-refractivity contribution in [2.24, 2.45) is 11.5 Å². The average molecular weight is 1570 g/mol. The second-order valence-corrected chi connectivity index (χ2v) is 23.3. The summed E-state index contributed by atoms with van der Waals surface area (Å²) in [5.74, 6) is -7.09. The van der Waals surface area contributed by atoms with Gasteiger partial charge in [-0.3, -0.25) is 23.9 Å². The lowest BCUT2D eigenvalue weighted by atomic mass is 10.4. The Hall–Kier alpha value is -12.2. The molecule has 3 aromatic heterocycles. The first-order valence-electron chi connectivity index (χ1n) is 31.9. The number of carbonyl (C=O) groups is 11. The number of rotatable bonds is 19. The standard InChI is InChI=1S/C19H17P.C8H15NO4.C7H10N3O4P.C7H12O4.2C6H7N3O4.C4H9N3O2.C4H7NO4.C3H8.CH4.H3N/c1-20(17-11-5-2-6-12-17,18-13-7-3-8-14-18)19-15-9-4-10-16-19;1-4-9(7(10)12-5-2)8(11)13-6-3;1-3-9-6(13)8-4(5(11)12)10(15-2)7(9)14;1-3-10-6(8)5-7(9)11-4-2;2*1-2-9-5(12)7-3(4(10)11)8-6(9)13;1-2-7(3(5)8)4(6)9;1-2-5(3(6)7)4(8)9;1-3-2;;/h2-16H,1H2;4-6H2,1-3H3;15H,3H2,1-2H3,(H,11,12);3-5H2,1-2H3;2*2H2,1H3,(H,10,11)(H,7,8,12,13);2H2,1H3,(H2,5,8)(H2,6,9);2H2,1H3,(H,6,7)(H,8,9);3H2,1-2H3;1H4;1H3. The van der Waals surface area contributed by atoms with Crippen molar-refractivity contribution in [3.8, 4) is 0 Å². The lowest BCUT2D eigenvalue weighted by Gasteiger charge is -2.26. The van der Waals surface area contributed by atoms with Crippen LogP contribution < -0.4 is 67.7 Å². The number of aromatic nitrogens is 9. The van der Waals surface area contributed by atoms with Crippen molar-refractivity contribution in [1.82, 2.24) is 63.8 Å². The van der Waals surface area contributed by atoms with E-state index in [1.54, 1.807) is 69.0 Å². The van der Waals surface area contributed by atoms with Gasteiger partial charge in [-0.15, -0.1) is 0 Å². The van der Waals surface area contributed by atoms with Crippen LogP contribution in [0, 0.1) is 0 Å². The zero-order chi connectivity index (χ0) is 82.0. The number of imide groups is 3. The van der Waals surface area contributed by atoms with E-state index in [2.05, 4.69) is 139 Å². The monoisotopic (exact) mass is 1570 g/mol. The van der Waals surface area contributed by atoms with Crippen LogP contribution in [0.3, 0.4) is 0 Å². The van der Waals surface area contributed by atoms with Gasteiger partial charge in [0.25, 0.3) is 0 Å². The number of nitrogens with one attached hydrogen (secondary N) is 2. The minimum absolute atomic E-state index is 0. The van der Waals surface area contributed by atoms with Crippen molar-refractivity contribution in [3.63, 3.8) is 0 Å². The number of carboxylic acids is 3. The van der Waals surface area contributed by atoms with Crippen LogP contribution in [0.25, 0.3) is 0 Å². The van der Waals surface area contributed by atoms with Crippen LogP contribution in [0.5, 0.6) is 0 Å². The van der Waals surface area contributed by atoms with Crippen molar-refractivity contribution in [3.05, 3.63) is 171 Å². The number of carboxylic acid groups (broad SMARTS) is 5. The van der Waals surface area contributed by atoms with E-state index < -0.39 is 125 Å². The topological polar surface area (TPSA) is 615 Å². The number of aromatic amines is 2. The smallest absolute Gasteiger partial charge is 0.419 e. The van der Waals surface area contributed by atoms with Gasteiger partial charge in [0.15, 0.2) is 0 Å². The van der Waals surface area contributed by atoms with Crippen LogP contribution in [0.4, 0.5) is 28.8 Å². The number of hydrogen-bond donors (Lipinski definition) is 10. The normalized spacial score (nSPS) is 9.60. The molecule has 0 saturated heterocycles. The molecule has 1 unspecified atom stereocenters. The minimum atomic E-state index is -1.78. The number of benzene rings is 3. The van der Waals surface area contributed by atoms with Gasteiger partial charge in [-0.2, -0.15) is 15.0 Å². The van der Waals surface area contributed by atoms with E-state index in [0.29, 0.717) is 4.90 Å². The molecule has 0 aliphatic heterocycles. The number of primary amides is 2. The molecule has 0 saturated carbocycles. The fourth-order valence-corrected chi connectivity index (χ4v) is 10.9. The van der Waals surface area contributed by atoms with Crippen LogP contribution >= 0.6 is 15.6 Å². The molecule has 108 heavy (non-hydrogen) atoms. The quantitative estimate of drug-likeness (QED) is 0.0233. The van der Waals surface area contributed by atoms with Gasteiger partial charge < -0.3 is 62.1 Å². The molecule has 41 nitrogen and oxygen atoms in total. The van der Waals surface area contributed by atoms with Crippen LogP contribution in [-0.2, 0) is 48.2 Å². The van der Waals surface area contributed by atoms with E-state index >= 15 is 0 Å². The Labute approximate surface area is 621 Å². The maximum Gasteiger partial charge on any atom is 0.419 e. The zero-order valence-corrected chi connectivity index (χ0v) is 63.3. The highest BCUT2D eigenvalue weighted by molar-refractivity contribution is 7.93. The van der Waals surface area contributed by atoms with Crippen molar-refractivity contribution in [2.45, 2.75) is 123 Å². The van der Waals surface area contributed by atoms with Crippen LogP contribution in [-0.4, -0.2) is 208 Å². The Balaban J connectivity index is -0.000000376. The number of nitrogens with zero attached hydrogens (tertiary/aromatic N) is 10. The number of H-pyrrole nitrogens is 2. The molecule has 0 aliphatic carbocycles. The molecule has 6 aromatic rings. The molecule has 0 fully saturated rings. The Morgan fingerprint density at radius 3 is 0.972 bits per heavy atom. The van der Waals surface area contributed by atoms with Gasteiger partial charge in [-0.25, -0.2) is 100 Å². The third kappa shape index (κ3) is 36.9. The molecule has 0 spiro atoms. The summed E-state index contributed by atoms with van der Waals surface area (Å²) >= 11 is 0. The van der Waals surface area contributed by atoms with E-state index in [4.69, 9.17) is 43.3 Å². The summed E-state index contributed by atoms with van der Waals surface area (Å²) in [5.41, 5.74) is 4.77. The van der Waals surface area contributed by atoms with E-state index in [-0.39, 0.29) is 94.4 Å². The summed E-state index contributed by atoms with van der Waals surface area (Å²) in [5, 5.41) is 45.7. The molecule has 3 aromatic carbocycles. The predicted octanol–water partition coefficient (Wildman–Crippen LogP) is 4.37. The molecule has 600 valence electrons. The number of nitrogens with two attached hydrogens (primary N) is 2. The molecule has 6 rings (SSSR count). The highest BCUT2D eigenvalue weighted by Gasteiger charge is 2.24. The highest BCUT2D eigenvalue weighted by Crippen LogP contribution is 2.41. The number of aromatic carboxylic acids is 3. The molecule has 14 N–H and O–H groups in total. The fourth-order valence-electron chi connectivity index (χ4n) is 7.29. The van der Waals surface area contributed by atoms with Crippen LogP contribution in [0.15, 0.2) is 120 Å². The van der Waals surface area contributed by atoms with Gasteiger partial charge in [0.2, 0.25) is 17.5 Å². The first kappa shape index (κ1) is 104. The summed E-state index contributed by atoms with van der Waals surface area (Å²) in [6.45, 7) is 22.3. The molecular weight excluding hydrogens is 1470 g/mol. The Bertz CT molecular complexity index is 3900. The number of carbonyl (C=O) groups excluding carboxylic acids is 6. The van der Waals surface area contributed by atoms with E-state index in [1.807, 2.05) is 9.97 Å². The summed E-state index contributed by atoms with van der Waals surface area (Å²) in [6, 6.07) is 30.3. The lowest BCUT2D eigenvalue weighted by molar-refractivity contribution is -0.154. The Morgan fingerprint density at radius 2 is 0.769 bits per heavy atom. The Morgan fingerprint density at radius 1 is 0.472 bits per heavy atom. The molecule has 1 atom stereocenters. The number of ether oxygens (including phenoxy) is 4. The summed E-state index contributed by atoms with van der Waals surface area (Å²) in [7, 11) is -0.0826. The lowest BCUT2D eigenvalue weighted by Crippen LogP contribution is -2.43. The maximum atomic E-state index is 11.6. The first-order chi connectivity index (χ1) is 49.9. The van der Waals surface area contributed by atoms with Crippen molar-refractivity contribution in [1.29, 1.82) is 0 Å². The average Bonchev–Trinajstić information content (AvgIpc) is 0.776. The van der Waals surface area contributed by atoms with Crippen molar-refractivity contribution >= 4 is 104 Å². The number of hydrogen-bond acceptors (Lipinski definition) is 25. The van der Waals surface area contributed by atoms with E-state index in [9.17, 15) is 81.5 Å². The van der Waals surface area contributed by atoms with Crippen molar-refractivity contribution in [2.75, 3.05) is 52.7 Å². The number of urea groups is 2. The molecule has 3 heterocycles. The van der Waals surface area contributed by atoms with Crippen LogP contribution in [0.2, 0.25) is 0 Å². The SMILES string of the molecule is C.C=P(c1ccccc1)(c1ccccc1)c1ccccc1.CCC.CCN(C(=O)O)C(=O)O.CCN(C(N)=O)C(N)=O.CCOC(=O)CC(=O)OCC.CCOC(=O)N(CC)C(=O)OCC.CCn1c(=O)nc(C(=O)O)[nH]c1=O.CCn1c(=O)nc(C(=O)O)[nH]c1=O.CCn1c(=O)nc(C(=O)O)n(PC)c1=O.N. The molecular formula is C65H99N15O26P2. The minimum Gasteiger partial charge on any atom is -0.475 e. The highest BCUT2D eigenvalue weighted by atomic mass is 31.2. The second kappa shape index (κ2) is 57.1. The fraction of sp³-hybridized carbons (Fsp3) is 0.400. The molecule has 0 radical (unpaired) electrons. The van der Waals surface area contributed by atoms with Gasteiger partial charge in [0.1, 0.15) is 6.42 Å². The summed E-state index contributed by atoms with van der Waals surface area (Å²) in [4.78, 5) is 197. The maximum absolute atomic E-state index is 11.6. The second-order valence-electron chi connectivity index (χ2n) is 19.2. The summed E-state index contributed by atoms with van der Waals surface area (Å²) < 4.78 is 21.8. The van der Waals surface area contributed by atoms with Gasteiger partial charge in [0, 0.05) is 39.3 Å². The largest absolute Gasteiger partial charge is 0.475 e. The van der Waals surface area contributed by atoms with E-state index in [1.165, 1.54) is 29.3 Å². The predicted molar refractivity (Wildman–Crippen MR) is 403 cm³/mol. The Kier molecular flexibility index (Phi) is 55.2. The first-order valence-corrected chi connectivity index (χ1v) is 35.3. The van der Waals surface area contributed by atoms with Gasteiger partial charge in [-0.05, 0) is 107 Å². The number of amides is 8. The molecule has 43 heteroatoms. The molecule has 0 aliphatic rings. The van der Waals surface area contributed by atoms with Crippen LogP contribution in [0.1, 0.15) is 135 Å².